The standard InChI is InChI=1S/C20H25N5O7/c1-3-31-19(30)15(5-4-6-23-20(21)22)24-25-17(28)14-7-11(27)8-16-13(14)9-12(10(2)26)18(29)32-16/h7-9,15,24,27H,3-6H2,1-2H3,(H,25,28)(H4,21,22,23)/t15-/m0/s1. The van der Waals surface area contributed by atoms with Gasteiger partial charge in [-0.25, -0.2) is 10.2 Å². The van der Waals surface area contributed by atoms with Crippen LogP contribution in [0.5, 0.6) is 5.75 Å². The average molecular weight is 447 g/mol. The van der Waals surface area contributed by atoms with Crippen molar-refractivity contribution in [3.63, 3.8) is 0 Å². The first-order chi connectivity index (χ1) is 15.1. The number of guanidine groups is 1. The van der Waals surface area contributed by atoms with Crippen LogP contribution in [0.3, 0.4) is 0 Å². The molecule has 7 N–H and O–H groups in total. The highest BCUT2D eigenvalue weighted by Crippen LogP contribution is 2.24. The van der Waals surface area contributed by atoms with Crippen LogP contribution in [0.4, 0.5) is 0 Å². The van der Waals surface area contributed by atoms with Gasteiger partial charge in [0.15, 0.2) is 11.7 Å². The molecule has 1 heterocycles. The quantitative estimate of drug-likeness (QED) is 0.0624. The van der Waals surface area contributed by atoms with E-state index in [2.05, 4.69) is 15.8 Å². The van der Waals surface area contributed by atoms with Gasteiger partial charge in [0.05, 0.1) is 12.2 Å². The zero-order chi connectivity index (χ0) is 23.8. The van der Waals surface area contributed by atoms with Crippen LogP contribution < -0.4 is 27.9 Å². The molecule has 0 fully saturated rings. The Morgan fingerprint density at radius 3 is 2.56 bits per heavy atom. The van der Waals surface area contributed by atoms with Crippen molar-refractivity contribution in [2.45, 2.75) is 32.7 Å². The Kier molecular flexibility index (Phi) is 8.30. The van der Waals surface area contributed by atoms with Crippen LogP contribution in [0.25, 0.3) is 11.0 Å². The monoisotopic (exact) mass is 447 g/mol. The van der Waals surface area contributed by atoms with E-state index in [0.717, 1.165) is 12.1 Å². The number of ether oxygens (including phenoxy) is 1. The molecule has 1 atom stereocenters. The van der Waals surface area contributed by atoms with E-state index in [0.29, 0.717) is 6.42 Å². The summed E-state index contributed by atoms with van der Waals surface area (Å²) in [5.41, 5.74) is 14.2. The van der Waals surface area contributed by atoms with Gasteiger partial charge in [-0.2, -0.15) is 0 Å². The molecule has 1 amide bonds. The van der Waals surface area contributed by atoms with Gasteiger partial charge in [0.25, 0.3) is 5.91 Å². The fourth-order valence-corrected chi connectivity index (χ4v) is 2.85. The van der Waals surface area contributed by atoms with E-state index < -0.39 is 29.3 Å². The number of phenolic OH excluding ortho intramolecular Hbond substituents is 1. The maximum Gasteiger partial charge on any atom is 0.347 e. The largest absolute Gasteiger partial charge is 0.508 e. The maximum atomic E-state index is 12.8. The number of esters is 1. The van der Waals surface area contributed by atoms with E-state index in [1.54, 1.807) is 6.92 Å². The highest BCUT2D eigenvalue weighted by Gasteiger charge is 2.22. The van der Waals surface area contributed by atoms with Crippen molar-refractivity contribution in [1.82, 2.24) is 10.9 Å². The number of carbonyl (C=O) groups excluding carboxylic acids is 3. The number of hydrogen-bond acceptors (Lipinski definition) is 9. The molecule has 0 radical (unpaired) electrons. The lowest BCUT2D eigenvalue weighted by Crippen LogP contribution is -2.49. The second-order valence-electron chi connectivity index (χ2n) is 6.76. The van der Waals surface area contributed by atoms with Gasteiger partial charge in [-0.1, -0.05) is 0 Å². The normalized spacial score (nSPS) is 11.6. The third-order valence-electron chi connectivity index (χ3n) is 4.34. The zero-order valence-electron chi connectivity index (χ0n) is 17.6. The van der Waals surface area contributed by atoms with Crippen LogP contribution in [0.2, 0.25) is 0 Å². The summed E-state index contributed by atoms with van der Waals surface area (Å²) >= 11 is 0. The van der Waals surface area contributed by atoms with Gasteiger partial charge in [0.2, 0.25) is 0 Å². The predicted octanol–water partition coefficient (Wildman–Crippen LogP) is -0.0791. The Balaban J connectivity index is 2.26. The molecule has 32 heavy (non-hydrogen) atoms. The molecule has 0 spiro atoms. The second-order valence-corrected chi connectivity index (χ2v) is 6.76. The van der Waals surface area contributed by atoms with Crippen LogP contribution in [0.15, 0.2) is 32.4 Å². The van der Waals surface area contributed by atoms with Crippen LogP contribution in [0, 0.1) is 0 Å². The Hall–Kier alpha value is -3.93. The second kappa shape index (κ2) is 10.9. The summed E-state index contributed by atoms with van der Waals surface area (Å²) in [5, 5.41) is 10.0. The van der Waals surface area contributed by atoms with E-state index in [9.17, 15) is 24.3 Å². The van der Waals surface area contributed by atoms with Crippen molar-refractivity contribution in [2.24, 2.45) is 16.5 Å². The van der Waals surface area contributed by atoms with Crippen LogP contribution in [-0.4, -0.2) is 47.9 Å². The van der Waals surface area contributed by atoms with Crippen LogP contribution >= 0.6 is 0 Å². The van der Waals surface area contributed by atoms with Gasteiger partial charge in [0.1, 0.15) is 22.9 Å². The summed E-state index contributed by atoms with van der Waals surface area (Å²) in [7, 11) is 0. The highest BCUT2D eigenvalue weighted by atomic mass is 16.5. The lowest BCUT2D eigenvalue weighted by atomic mass is 10.1. The minimum atomic E-state index is -0.901. The first kappa shape index (κ1) is 24.3. The number of benzene rings is 1. The number of Topliss-reactive ketones (excluding diaryl/α,β-unsaturated/α-hetero) is 1. The van der Waals surface area contributed by atoms with Crippen molar-refractivity contribution in [3.8, 4) is 5.75 Å². The fraction of sp³-hybridized carbons (Fsp3) is 0.350. The summed E-state index contributed by atoms with van der Waals surface area (Å²) in [6, 6.07) is 2.61. The number of nitrogens with one attached hydrogen (secondary N) is 2. The smallest absolute Gasteiger partial charge is 0.347 e. The van der Waals surface area contributed by atoms with Crippen molar-refractivity contribution >= 4 is 34.6 Å². The minimum absolute atomic E-state index is 0.0775. The summed E-state index contributed by atoms with van der Waals surface area (Å²) in [6.45, 7) is 3.25. The van der Waals surface area contributed by atoms with Crippen molar-refractivity contribution < 1.29 is 28.6 Å². The number of hydrazine groups is 1. The molecule has 0 aliphatic carbocycles. The van der Waals surface area contributed by atoms with E-state index >= 15 is 0 Å². The Bertz CT molecular complexity index is 1110. The number of carbonyl (C=O) groups is 3. The molecule has 2 rings (SSSR count). The number of ketones is 1. The van der Waals surface area contributed by atoms with E-state index in [-0.39, 0.29) is 53.4 Å². The number of aliphatic imine (C=N–C) groups is 1. The fourth-order valence-electron chi connectivity index (χ4n) is 2.85. The lowest BCUT2D eigenvalue weighted by Gasteiger charge is -2.18. The van der Waals surface area contributed by atoms with Gasteiger partial charge in [-0.15, -0.1) is 0 Å². The van der Waals surface area contributed by atoms with Crippen LogP contribution in [-0.2, 0) is 9.53 Å². The van der Waals surface area contributed by atoms with E-state index in [4.69, 9.17) is 20.6 Å². The SMILES string of the molecule is CCOC(=O)[C@H](CCCN=C(N)N)NNC(=O)c1cc(O)cc2oc(=O)c(C(C)=O)cc12. The number of hydrogen-bond donors (Lipinski definition) is 5. The Morgan fingerprint density at radius 1 is 1.22 bits per heavy atom. The molecular weight excluding hydrogens is 422 g/mol. The molecule has 0 aliphatic heterocycles. The van der Waals surface area contributed by atoms with Crippen molar-refractivity contribution in [1.29, 1.82) is 0 Å². The average Bonchev–Trinajstić information content (AvgIpc) is 2.71. The minimum Gasteiger partial charge on any atom is -0.508 e. The summed E-state index contributed by atoms with van der Waals surface area (Å²) < 4.78 is 10.1. The summed E-state index contributed by atoms with van der Waals surface area (Å²) in [6.07, 6.45) is 0.673. The Morgan fingerprint density at radius 2 is 1.94 bits per heavy atom. The number of nitrogens with zero attached hydrogens (tertiary/aromatic N) is 1. The van der Waals surface area contributed by atoms with Gasteiger partial charge in [0, 0.05) is 18.0 Å². The molecule has 0 saturated carbocycles. The first-order valence-corrected chi connectivity index (χ1v) is 9.73. The molecule has 12 heteroatoms. The molecule has 12 nitrogen and oxygen atoms in total. The molecule has 0 saturated heterocycles. The van der Waals surface area contributed by atoms with Gasteiger partial charge in [-0.3, -0.25) is 24.8 Å². The van der Waals surface area contributed by atoms with Gasteiger partial charge >= 0.3 is 11.6 Å². The third-order valence-corrected chi connectivity index (χ3v) is 4.34. The first-order valence-electron chi connectivity index (χ1n) is 9.73. The number of nitrogens with two attached hydrogens (primary N) is 2. The molecule has 1 aromatic heterocycles. The number of aromatic hydroxyl groups is 1. The number of amides is 1. The number of phenols is 1. The lowest BCUT2D eigenvalue weighted by molar-refractivity contribution is -0.146. The van der Waals surface area contributed by atoms with Crippen molar-refractivity contribution in [2.75, 3.05) is 13.2 Å². The summed E-state index contributed by atoms with van der Waals surface area (Å²) in [5.74, 6) is -2.29. The molecular formula is C20H25N5O7. The predicted molar refractivity (Wildman–Crippen MR) is 115 cm³/mol. The van der Waals surface area contributed by atoms with Gasteiger partial charge < -0.3 is 25.7 Å². The third kappa shape index (κ3) is 6.28. The molecule has 0 unspecified atom stereocenters. The molecule has 0 bridgehead atoms. The molecule has 1 aromatic carbocycles. The maximum absolute atomic E-state index is 12.8. The highest BCUT2D eigenvalue weighted by molar-refractivity contribution is 6.08. The number of rotatable bonds is 10. The zero-order valence-corrected chi connectivity index (χ0v) is 17.6. The molecule has 0 aliphatic rings. The molecule has 172 valence electrons. The number of fused-ring (bicyclic) bond motifs is 1. The van der Waals surface area contributed by atoms with E-state index in [1.165, 1.54) is 13.0 Å². The topological polar surface area (TPSA) is 199 Å². The van der Waals surface area contributed by atoms with E-state index in [1.807, 2.05) is 0 Å². The van der Waals surface area contributed by atoms with Gasteiger partial charge in [-0.05, 0) is 38.8 Å². The Labute approximate surface area is 182 Å². The summed E-state index contributed by atoms with van der Waals surface area (Å²) in [4.78, 5) is 52.4. The van der Waals surface area contributed by atoms with Crippen LogP contribution in [0.1, 0.15) is 47.4 Å². The molecule has 2 aromatic rings. The van der Waals surface area contributed by atoms with Crippen molar-refractivity contribution in [3.05, 3.63) is 39.7 Å².